The summed E-state index contributed by atoms with van der Waals surface area (Å²) in [5, 5.41) is 19.2. The van der Waals surface area contributed by atoms with Crippen LogP contribution in [0.3, 0.4) is 0 Å². The van der Waals surface area contributed by atoms with Gasteiger partial charge in [0.2, 0.25) is 5.91 Å². The van der Waals surface area contributed by atoms with Crippen LogP contribution in [0.4, 0.5) is 0 Å². The van der Waals surface area contributed by atoms with E-state index in [2.05, 4.69) is 30.3 Å². The van der Waals surface area contributed by atoms with Crippen molar-refractivity contribution in [3.63, 3.8) is 0 Å². The van der Waals surface area contributed by atoms with E-state index in [9.17, 15) is 9.59 Å². The summed E-state index contributed by atoms with van der Waals surface area (Å²) in [6.07, 6.45) is 5.28. The summed E-state index contributed by atoms with van der Waals surface area (Å²) in [7, 11) is 0. The van der Waals surface area contributed by atoms with Crippen molar-refractivity contribution in [3.05, 3.63) is 52.0 Å². The quantitative estimate of drug-likeness (QED) is 0.704. The van der Waals surface area contributed by atoms with Crippen molar-refractivity contribution in [1.82, 2.24) is 30.3 Å². The van der Waals surface area contributed by atoms with Gasteiger partial charge in [0.15, 0.2) is 0 Å². The molecule has 0 saturated heterocycles. The minimum Gasteiger partial charge on any atom is -0.355 e. The zero-order valence-corrected chi connectivity index (χ0v) is 15.1. The number of benzene rings is 1. The molecule has 0 atom stereocenters. The van der Waals surface area contributed by atoms with Gasteiger partial charge < -0.3 is 9.88 Å². The second-order valence-corrected chi connectivity index (χ2v) is 6.82. The fourth-order valence-corrected chi connectivity index (χ4v) is 3.56. The number of carbonyl (C=O) groups is 1. The maximum atomic E-state index is 12.3. The van der Waals surface area contributed by atoms with Crippen molar-refractivity contribution >= 4 is 16.7 Å². The van der Waals surface area contributed by atoms with E-state index in [0.717, 1.165) is 37.5 Å². The molecular formula is C19H22N6O2. The SMILES string of the molecule is O=C(Cc1n[nH]c(=O)c2ccccc12)NCCc1nnc2n1CCCCC2. The number of hydrogen-bond acceptors (Lipinski definition) is 5. The average Bonchev–Trinajstić information content (AvgIpc) is 2.91. The van der Waals surface area contributed by atoms with Gasteiger partial charge in [0.25, 0.3) is 5.56 Å². The highest BCUT2D eigenvalue weighted by Gasteiger charge is 2.15. The van der Waals surface area contributed by atoms with E-state index in [1.165, 1.54) is 6.42 Å². The first-order chi connectivity index (χ1) is 13.2. The molecule has 0 fully saturated rings. The third kappa shape index (κ3) is 3.74. The maximum absolute atomic E-state index is 12.3. The van der Waals surface area contributed by atoms with E-state index in [1.807, 2.05) is 12.1 Å². The Balaban J connectivity index is 1.38. The average molecular weight is 366 g/mol. The monoisotopic (exact) mass is 366 g/mol. The smallest absolute Gasteiger partial charge is 0.272 e. The van der Waals surface area contributed by atoms with E-state index in [0.29, 0.717) is 29.4 Å². The van der Waals surface area contributed by atoms with Crippen molar-refractivity contribution < 1.29 is 4.79 Å². The lowest BCUT2D eigenvalue weighted by Gasteiger charge is -2.08. The highest BCUT2D eigenvalue weighted by atomic mass is 16.1. The summed E-state index contributed by atoms with van der Waals surface area (Å²) >= 11 is 0. The topological polar surface area (TPSA) is 106 Å². The van der Waals surface area contributed by atoms with Gasteiger partial charge in [-0.05, 0) is 18.9 Å². The Morgan fingerprint density at radius 3 is 2.89 bits per heavy atom. The lowest BCUT2D eigenvalue weighted by molar-refractivity contribution is -0.120. The van der Waals surface area contributed by atoms with E-state index < -0.39 is 0 Å². The molecule has 8 nitrogen and oxygen atoms in total. The molecule has 1 aromatic carbocycles. The van der Waals surface area contributed by atoms with Crippen LogP contribution in [-0.2, 0) is 30.6 Å². The van der Waals surface area contributed by atoms with E-state index in [-0.39, 0.29) is 17.9 Å². The zero-order chi connectivity index (χ0) is 18.6. The largest absolute Gasteiger partial charge is 0.355 e. The number of aromatic nitrogens is 5. The summed E-state index contributed by atoms with van der Waals surface area (Å²) < 4.78 is 2.19. The summed E-state index contributed by atoms with van der Waals surface area (Å²) in [5.41, 5.74) is 0.321. The van der Waals surface area contributed by atoms with Gasteiger partial charge in [-0.3, -0.25) is 9.59 Å². The van der Waals surface area contributed by atoms with Gasteiger partial charge in [-0.15, -0.1) is 10.2 Å². The third-order valence-electron chi connectivity index (χ3n) is 4.96. The Kier molecular flexibility index (Phi) is 4.95. The number of amides is 1. The molecular weight excluding hydrogens is 344 g/mol. The first-order valence-electron chi connectivity index (χ1n) is 9.36. The number of nitrogens with one attached hydrogen (secondary N) is 2. The van der Waals surface area contributed by atoms with Gasteiger partial charge in [0.1, 0.15) is 11.6 Å². The van der Waals surface area contributed by atoms with Crippen molar-refractivity contribution in [2.75, 3.05) is 6.54 Å². The van der Waals surface area contributed by atoms with Crippen LogP contribution in [-0.4, -0.2) is 37.4 Å². The van der Waals surface area contributed by atoms with Crippen LogP contribution in [0.5, 0.6) is 0 Å². The molecule has 1 amide bonds. The van der Waals surface area contributed by atoms with E-state index in [1.54, 1.807) is 12.1 Å². The predicted molar refractivity (Wildman–Crippen MR) is 100 cm³/mol. The Morgan fingerprint density at radius 1 is 1.15 bits per heavy atom. The van der Waals surface area contributed by atoms with Gasteiger partial charge >= 0.3 is 0 Å². The van der Waals surface area contributed by atoms with Gasteiger partial charge in [-0.25, -0.2) is 5.10 Å². The molecule has 3 aromatic rings. The molecule has 0 spiro atoms. The molecule has 0 saturated carbocycles. The highest BCUT2D eigenvalue weighted by Crippen LogP contribution is 2.15. The number of H-pyrrole nitrogens is 1. The number of aromatic amines is 1. The maximum Gasteiger partial charge on any atom is 0.272 e. The van der Waals surface area contributed by atoms with Crippen molar-refractivity contribution in [1.29, 1.82) is 0 Å². The van der Waals surface area contributed by atoms with Crippen LogP contribution in [0.15, 0.2) is 29.1 Å². The van der Waals surface area contributed by atoms with Crippen molar-refractivity contribution in [3.8, 4) is 0 Å². The Hall–Kier alpha value is -3.03. The molecule has 2 aromatic heterocycles. The fraction of sp³-hybridized carbons (Fsp3) is 0.421. The summed E-state index contributed by atoms with van der Waals surface area (Å²) in [6, 6.07) is 7.17. The first kappa shape index (κ1) is 17.4. The molecule has 1 aliphatic heterocycles. The van der Waals surface area contributed by atoms with E-state index >= 15 is 0 Å². The molecule has 4 rings (SSSR count). The normalized spacial score (nSPS) is 13.9. The second kappa shape index (κ2) is 7.69. The highest BCUT2D eigenvalue weighted by molar-refractivity contribution is 5.88. The van der Waals surface area contributed by atoms with Crippen LogP contribution in [0.2, 0.25) is 0 Å². The standard InChI is InChI=1S/C19H22N6O2/c26-18(12-15-13-6-3-4-7-14(13)19(27)24-21-15)20-10-9-17-23-22-16-8-2-1-5-11-25(16)17/h3-4,6-7H,1-2,5,8-12H2,(H,20,26)(H,24,27). The molecule has 2 N–H and O–H groups in total. The number of fused-ring (bicyclic) bond motifs is 2. The first-order valence-corrected chi connectivity index (χ1v) is 9.36. The Labute approximate surface area is 156 Å². The minimum absolute atomic E-state index is 0.120. The number of rotatable bonds is 5. The van der Waals surface area contributed by atoms with Crippen LogP contribution < -0.4 is 10.9 Å². The Bertz CT molecular complexity index is 1020. The van der Waals surface area contributed by atoms with Crippen molar-refractivity contribution in [2.24, 2.45) is 0 Å². The summed E-state index contributed by atoms with van der Waals surface area (Å²) in [6.45, 7) is 1.46. The number of hydrogen-bond donors (Lipinski definition) is 2. The molecule has 0 bridgehead atoms. The van der Waals surface area contributed by atoms with Crippen LogP contribution in [0, 0.1) is 0 Å². The third-order valence-corrected chi connectivity index (χ3v) is 4.96. The molecule has 27 heavy (non-hydrogen) atoms. The van der Waals surface area contributed by atoms with Gasteiger partial charge in [-0.2, -0.15) is 5.10 Å². The number of carbonyl (C=O) groups excluding carboxylic acids is 1. The van der Waals surface area contributed by atoms with Crippen molar-refractivity contribution in [2.45, 2.75) is 45.1 Å². The van der Waals surface area contributed by atoms with Crippen LogP contribution >= 0.6 is 0 Å². The van der Waals surface area contributed by atoms with Gasteiger partial charge in [-0.1, -0.05) is 24.6 Å². The fourth-order valence-electron chi connectivity index (χ4n) is 3.56. The lowest BCUT2D eigenvalue weighted by Crippen LogP contribution is -2.29. The molecule has 0 aliphatic carbocycles. The molecule has 3 heterocycles. The van der Waals surface area contributed by atoms with E-state index in [4.69, 9.17) is 0 Å². The zero-order valence-electron chi connectivity index (χ0n) is 15.1. The molecule has 0 unspecified atom stereocenters. The minimum atomic E-state index is -0.248. The van der Waals surface area contributed by atoms with Crippen LogP contribution in [0.25, 0.3) is 10.8 Å². The van der Waals surface area contributed by atoms with Crippen LogP contribution in [0.1, 0.15) is 36.6 Å². The number of aryl methyl sites for hydroxylation is 1. The molecule has 0 radical (unpaired) electrons. The summed E-state index contributed by atoms with van der Waals surface area (Å²) in [5.74, 6) is 1.85. The molecule has 8 heteroatoms. The molecule has 1 aliphatic rings. The lowest BCUT2D eigenvalue weighted by atomic mass is 10.1. The second-order valence-electron chi connectivity index (χ2n) is 6.82. The summed E-state index contributed by atoms with van der Waals surface area (Å²) in [4.78, 5) is 24.2. The van der Waals surface area contributed by atoms with Gasteiger partial charge in [0, 0.05) is 31.3 Å². The predicted octanol–water partition coefficient (Wildman–Crippen LogP) is 1.14. The van der Waals surface area contributed by atoms with Gasteiger partial charge in [0.05, 0.1) is 17.5 Å². The Morgan fingerprint density at radius 2 is 2.00 bits per heavy atom. The molecule has 140 valence electrons. The number of nitrogens with zero attached hydrogens (tertiary/aromatic N) is 4.